The molecule has 0 spiro atoms. The number of hydrogen-bond acceptors (Lipinski definition) is 5. The Kier molecular flexibility index (Phi) is 4.63. The van der Waals surface area contributed by atoms with Crippen LogP contribution in [0.15, 0.2) is 29.9 Å². The highest BCUT2D eigenvalue weighted by Gasteiger charge is 2.09. The number of nitrogens with zero attached hydrogens (tertiary/aromatic N) is 1. The van der Waals surface area contributed by atoms with E-state index in [1.165, 1.54) is 4.88 Å². The Labute approximate surface area is 117 Å². The minimum atomic E-state index is 0.218. The molecule has 0 amide bonds. The van der Waals surface area contributed by atoms with Gasteiger partial charge in [-0.2, -0.15) is 0 Å². The van der Waals surface area contributed by atoms with Crippen molar-refractivity contribution in [2.45, 2.75) is 19.9 Å². The van der Waals surface area contributed by atoms with Crippen molar-refractivity contribution in [3.8, 4) is 11.5 Å². The lowest BCUT2D eigenvalue weighted by atomic mass is 10.2. The van der Waals surface area contributed by atoms with E-state index in [0.29, 0.717) is 6.61 Å². The highest BCUT2D eigenvalue weighted by atomic mass is 32.1. The van der Waals surface area contributed by atoms with Crippen LogP contribution in [-0.4, -0.2) is 18.7 Å². The van der Waals surface area contributed by atoms with E-state index in [0.717, 1.165) is 17.2 Å². The Morgan fingerprint density at radius 1 is 1.37 bits per heavy atom. The molecule has 0 aliphatic carbocycles. The standard InChI is InChI=1S/C14H18N2O2S/c1-4-18-12-6-5-11(7-13(12)17-3)16-10(2)14-8-15-9-19-14/h5-10,16H,4H2,1-3H3. The minimum Gasteiger partial charge on any atom is -0.493 e. The molecular weight excluding hydrogens is 260 g/mol. The van der Waals surface area contributed by atoms with Gasteiger partial charge in [0.05, 0.1) is 25.3 Å². The number of anilines is 1. The summed E-state index contributed by atoms with van der Waals surface area (Å²) in [5.74, 6) is 1.50. The van der Waals surface area contributed by atoms with E-state index in [4.69, 9.17) is 9.47 Å². The molecule has 0 aliphatic heterocycles. The second kappa shape index (κ2) is 6.43. The van der Waals surface area contributed by atoms with Gasteiger partial charge in [0.15, 0.2) is 11.5 Å². The maximum atomic E-state index is 5.50. The summed E-state index contributed by atoms with van der Waals surface area (Å²) in [5, 5.41) is 3.42. The van der Waals surface area contributed by atoms with E-state index in [1.54, 1.807) is 18.4 Å². The molecule has 4 nitrogen and oxygen atoms in total. The lowest BCUT2D eigenvalue weighted by molar-refractivity contribution is 0.311. The second-order valence-electron chi connectivity index (χ2n) is 4.07. The fourth-order valence-electron chi connectivity index (χ4n) is 1.79. The van der Waals surface area contributed by atoms with Crippen LogP contribution in [0.2, 0.25) is 0 Å². The minimum absolute atomic E-state index is 0.218. The van der Waals surface area contributed by atoms with Crippen molar-refractivity contribution in [2.75, 3.05) is 19.0 Å². The van der Waals surface area contributed by atoms with Crippen LogP contribution in [0.3, 0.4) is 0 Å². The second-order valence-corrected chi connectivity index (χ2v) is 4.99. The molecule has 0 fully saturated rings. The first-order valence-corrected chi connectivity index (χ1v) is 7.08. The highest BCUT2D eigenvalue weighted by molar-refractivity contribution is 7.09. The zero-order chi connectivity index (χ0) is 13.7. The molecule has 1 atom stereocenters. The molecule has 0 aliphatic rings. The summed E-state index contributed by atoms with van der Waals surface area (Å²) < 4.78 is 10.8. The molecule has 1 aromatic heterocycles. The average molecular weight is 278 g/mol. The molecule has 2 aromatic rings. The Bertz CT molecular complexity index is 514. The third kappa shape index (κ3) is 3.38. The average Bonchev–Trinajstić information content (AvgIpc) is 2.94. The molecular formula is C14H18N2O2S. The van der Waals surface area contributed by atoms with E-state index in [9.17, 15) is 0 Å². The van der Waals surface area contributed by atoms with Gasteiger partial charge in [-0.3, -0.25) is 4.98 Å². The van der Waals surface area contributed by atoms with E-state index in [2.05, 4.69) is 17.2 Å². The first-order valence-electron chi connectivity index (χ1n) is 6.20. The zero-order valence-corrected chi connectivity index (χ0v) is 12.2. The quantitative estimate of drug-likeness (QED) is 0.874. The molecule has 102 valence electrons. The summed E-state index contributed by atoms with van der Waals surface area (Å²) in [4.78, 5) is 5.29. The molecule has 1 heterocycles. The van der Waals surface area contributed by atoms with Gasteiger partial charge in [0.25, 0.3) is 0 Å². The topological polar surface area (TPSA) is 43.4 Å². The third-order valence-corrected chi connectivity index (χ3v) is 3.68. The van der Waals surface area contributed by atoms with Crippen LogP contribution in [0.25, 0.3) is 0 Å². The molecule has 1 N–H and O–H groups in total. The van der Waals surface area contributed by atoms with Gasteiger partial charge in [0.1, 0.15) is 0 Å². The van der Waals surface area contributed by atoms with Gasteiger partial charge in [0, 0.05) is 22.8 Å². The lowest BCUT2D eigenvalue weighted by Crippen LogP contribution is -2.05. The van der Waals surface area contributed by atoms with Crippen LogP contribution < -0.4 is 14.8 Å². The molecule has 19 heavy (non-hydrogen) atoms. The van der Waals surface area contributed by atoms with Crippen LogP contribution >= 0.6 is 11.3 Å². The molecule has 1 unspecified atom stereocenters. The van der Waals surface area contributed by atoms with Crippen molar-refractivity contribution in [3.05, 3.63) is 34.8 Å². The van der Waals surface area contributed by atoms with Crippen LogP contribution in [0.1, 0.15) is 24.8 Å². The number of benzene rings is 1. The summed E-state index contributed by atoms with van der Waals surface area (Å²) in [6, 6.07) is 6.08. The molecule has 0 saturated heterocycles. The maximum absolute atomic E-state index is 5.50. The van der Waals surface area contributed by atoms with Crippen molar-refractivity contribution >= 4 is 17.0 Å². The summed E-state index contributed by atoms with van der Waals surface area (Å²) >= 11 is 1.64. The summed E-state index contributed by atoms with van der Waals surface area (Å²) in [5.41, 5.74) is 2.84. The van der Waals surface area contributed by atoms with Crippen molar-refractivity contribution < 1.29 is 9.47 Å². The van der Waals surface area contributed by atoms with Crippen LogP contribution in [0.4, 0.5) is 5.69 Å². The van der Waals surface area contributed by atoms with Crippen molar-refractivity contribution in [3.63, 3.8) is 0 Å². The Hall–Kier alpha value is -1.75. The number of nitrogens with one attached hydrogen (secondary N) is 1. The molecule has 0 radical (unpaired) electrons. The predicted octanol–water partition coefficient (Wildman–Crippen LogP) is 3.72. The van der Waals surface area contributed by atoms with Crippen molar-refractivity contribution in [2.24, 2.45) is 0 Å². The number of thiazole rings is 1. The van der Waals surface area contributed by atoms with E-state index in [-0.39, 0.29) is 6.04 Å². The Morgan fingerprint density at radius 2 is 2.21 bits per heavy atom. The van der Waals surface area contributed by atoms with Gasteiger partial charge in [-0.25, -0.2) is 0 Å². The van der Waals surface area contributed by atoms with Crippen LogP contribution in [0, 0.1) is 0 Å². The van der Waals surface area contributed by atoms with Gasteiger partial charge >= 0.3 is 0 Å². The first-order chi connectivity index (χ1) is 9.24. The lowest BCUT2D eigenvalue weighted by Gasteiger charge is -2.15. The predicted molar refractivity (Wildman–Crippen MR) is 78.3 cm³/mol. The number of ether oxygens (including phenoxy) is 2. The molecule has 1 aromatic carbocycles. The van der Waals surface area contributed by atoms with Gasteiger partial charge in [-0.1, -0.05) is 0 Å². The number of hydrogen-bond donors (Lipinski definition) is 1. The summed E-state index contributed by atoms with van der Waals surface area (Å²) in [6.07, 6.45) is 1.88. The molecule has 0 bridgehead atoms. The van der Waals surface area contributed by atoms with Gasteiger partial charge in [0.2, 0.25) is 0 Å². The highest BCUT2D eigenvalue weighted by Crippen LogP contribution is 2.32. The number of rotatable bonds is 6. The third-order valence-electron chi connectivity index (χ3n) is 2.72. The Balaban J connectivity index is 2.12. The van der Waals surface area contributed by atoms with Crippen molar-refractivity contribution in [1.82, 2.24) is 4.98 Å². The fourth-order valence-corrected chi connectivity index (χ4v) is 2.42. The monoisotopic (exact) mass is 278 g/mol. The van der Waals surface area contributed by atoms with E-state index >= 15 is 0 Å². The van der Waals surface area contributed by atoms with Gasteiger partial charge in [-0.15, -0.1) is 11.3 Å². The molecule has 0 saturated carbocycles. The molecule has 2 rings (SSSR count). The maximum Gasteiger partial charge on any atom is 0.162 e. The largest absolute Gasteiger partial charge is 0.493 e. The SMILES string of the molecule is CCOc1ccc(NC(C)c2cncs2)cc1OC. The normalized spacial score (nSPS) is 11.9. The van der Waals surface area contributed by atoms with Crippen LogP contribution in [-0.2, 0) is 0 Å². The first kappa shape index (κ1) is 13.7. The number of methoxy groups -OCH3 is 1. The smallest absolute Gasteiger partial charge is 0.162 e. The Morgan fingerprint density at radius 3 is 2.84 bits per heavy atom. The van der Waals surface area contributed by atoms with Gasteiger partial charge in [-0.05, 0) is 26.0 Å². The number of aromatic nitrogens is 1. The summed E-state index contributed by atoms with van der Waals surface area (Å²) in [6.45, 7) is 4.69. The van der Waals surface area contributed by atoms with E-state index in [1.807, 2.05) is 36.8 Å². The zero-order valence-electron chi connectivity index (χ0n) is 11.3. The summed E-state index contributed by atoms with van der Waals surface area (Å²) in [7, 11) is 1.65. The van der Waals surface area contributed by atoms with Gasteiger partial charge < -0.3 is 14.8 Å². The van der Waals surface area contributed by atoms with Crippen LogP contribution in [0.5, 0.6) is 11.5 Å². The van der Waals surface area contributed by atoms with Crippen molar-refractivity contribution in [1.29, 1.82) is 0 Å². The molecule has 5 heteroatoms. The van der Waals surface area contributed by atoms with E-state index < -0.39 is 0 Å². The fraction of sp³-hybridized carbons (Fsp3) is 0.357.